The van der Waals surface area contributed by atoms with Crippen LogP contribution in [0.15, 0.2) is 54.7 Å². The number of fused-ring (bicyclic) bond motifs is 1. The van der Waals surface area contributed by atoms with E-state index in [1.54, 1.807) is 18.3 Å². The maximum atomic E-state index is 13.8. The fourth-order valence-corrected chi connectivity index (χ4v) is 5.02. The maximum Gasteiger partial charge on any atom is 0.326 e. The van der Waals surface area contributed by atoms with Gasteiger partial charge in [-0.1, -0.05) is 36.8 Å². The van der Waals surface area contributed by atoms with E-state index in [2.05, 4.69) is 20.9 Å². The molecular weight excluding hydrogens is 578 g/mol. The Morgan fingerprint density at radius 1 is 0.733 bits per heavy atom. The number of H-pyrrole nitrogens is 1. The Labute approximate surface area is 262 Å². The summed E-state index contributed by atoms with van der Waals surface area (Å²) in [5.74, 6) is -3.02. The number of amides is 3. The van der Waals surface area contributed by atoms with E-state index in [0.29, 0.717) is 50.8 Å². The van der Waals surface area contributed by atoms with Crippen LogP contribution in [0.4, 0.5) is 0 Å². The number of aromatic nitrogens is 1. The van der Waals surface area contributed by atoms with Gasteiger partial charge in [-0.25, -0.2) is 4.79 Å². The highest BCUT2D eigenvalue weighted by Gasteiger charge is 2.31. The minimum Gasteiger partial charge on any atom is -0.508 e. The lowest BCUT2D eigenvalue weighted by atomic mass is 10.0. The van der Waals surface area contributed by atoms with E-state index >= 15 is 0 Å². The average molecular weight is 624 g/mol. The molecular formula is C32H45N7O6. The van der Waals surface area contributed by atoms with Crippen molar-refractivity contribution in [1.29, 1.82) is 0 Å². The van der Waals surface area contributed by atoms with Gasteiger partial charge in [0.2, 0.25) is 17.7 Å². The number of hydrogen-bond donors (Lipinski definition) is 9. The lowest BCUT2D eigenvalue weighted by Crippen LogP contribution is -2.58. The smallest absolute Gasteiger partial charge is 0.326 e. The zero-order chi connectivity index (χ0) is 32.8. The van der Waals surface area contributed by atoms with Crippen LogP contribution in [0.1, 0.15) is 49.7 Å². The van der Waals surface area contributed by atoms with Crippen LogP contribution in [0.3, 0.4) is 0 Å². The molecule has 0 aliphatic heterocycles. The summed E-state index contributed by atoms with van der Waals surface area (Å²) in [7, 11) is 0. The minimum atomic E-state index is -1.20. The van der Waals surface area contributed by atoms with Crippen LogP contribution < -0.4 is 33.2 Å². The monoisotopic (exact) mass is 623 g/mol. The van der Waals surface area contributed by atoms with Crippen molar-refractivity contribution in [1.82, 2.24) is 20.9 Å². The second-order valence-electron chi connectivity index (χ2n) is 11.1. The van der Waals surface area contributed by atoms with E-state index in [0.717, 1.165) is 16.5 Å². The van der Waals surface area contributed by atoms with Crippen molar-refractivity contribution in [2.45, 2.75) is 75.5 Å². The quantitative estimate of drug-likeness (QED) is 0.0856. The van der Waals surface area contributed by atoms with Gasteiger partial charge in [0.25, 0.3) is 0 Å². The van der Waals surface area contributed by atoms with Crippen LogP contribution in [-0.2, 0) is 32.0 Å². The van der Waals surface area contributed by atoms with E-state index in [1.165, 1.54) is 12.1 Å². The number of carboxylic acid groups (broad SMARTS) is 1. The Balaban J connectivity index is 1.87. The first-order chi connectivity index (χ1) is 21.6. The number of aromatic hydroxyl groups is 1. The fourth-order valence-electron chi connectivity index (χ4n) is 5.02. The topological polar surface area (TPSA) is 239 Å². The van der Waals surface area contributed by atoms with E-state index < -0.39 is 47.9 Å². The Kier molecular flexibility index (Phi) is 13.8. The fraction of sp³-hybridized carbons (Fsp3) is 0.438. The van der Waals surface area contributed by atoms with Gasteiger partial charge in [0, 0.05) is 29.9 Å². The Bertz CT molecular complexity index is 1410. The number of aliphatic carboxylic acids is 1. The predicted molar refractivity (Wildman–Crippen MR) is 171 cm³/mol. The molecule has 1 aromatic heterocycles. The van der Waals surface area contributed by atoms with Crippen molar-refractivity contribution in [3.05, 3.63) is 65.9 Å². The Hall–Kier alpha value is -4.46. The molecule has 0 radical (unpaired) electrons. The van der Waals surface area contributed by atoms with Gasteiger partial charge in [-0.3, -0.25) is 14.4 Å². The van der Waals surface area contributed by atoms with Crippen LogP contribution in [0, 0.1) is 0 Å². The summed E-state index contributed by atoms with van der Waals surface area (Å²) in [6, 6.07) is 9.31. The van der Waals surface area contributed by atoms with Crippen LogP contribution in [0.5, 0.6) is 5.75 Å². The molecule has 0 aliphatic rings. The minimum absolute atomic E-state index is 0.0422. The molecule has 0 aliphatic carbocycles. The van der Waals surface area contributed by atoms with Gasteiger partial charge in [0.05, 0.1) is 6.04 Å². The first kappa shape index (κ1) is 35.0. The van der Waals surface area contributed by atoms with Crippen LogP contribution in [0.25, 0.3) is 10.9 Å². The zero-order valence-corrected chi connectivity index (χ0v) is 25.3. The number of carboxylic acids is 1. The molecule has 12 N–H and O–H groups in total. The number of phenols is 1. The molecule has 4 unspecified atom stereocenters. The third-order valence-electron chi connectivity index (χ3n) is 7.61. The number of unbranched alkanes of at least 4 members (excludes halogenated alkanes) is 2. The summed E-state index contributed by atoms with van der Waals surface area (Å²) in [6.07, 6.45) is 4.83. The van der Waals surface area contributed by atoms with Crippen LogP contribution in [0.2, 0.25) is 0 Å². The van der Waals surface area contributed by atoms with E-state index in [1.807, 2.05) is 24.3 Å². The first-order valence-electron chi connectivity index (χ1n) is 15.3. The van der Waals surface area contributed by atoms with E-state index in [9.17, 15) is 29.4 Å². The molecule has 244 valence electrons. The van der Waals surface area contributed by atoms with Crippen LogP contribution in [-0.4, -0.2) is 76.1 Å². The number of phenolic OH excluding ortho intramolecular Hbond substituents is 1. The number of nitrogens with one attached hydrogen (secondary N) is 4. The second-order valence-corrected chi connectivity index (χ2v) is 11.1. The number of carbonyl (C=O) groups excluding carboxylic acids is 3. The van der Waals surface area contributed by atoms with Gasteiger partial charge in [-0.05, 0) is 74.5 Å². The third kappa shape index (κ3) is 10.9. The SMILES string of the molecule is NCCCCC(N)C(=O)NC(Cc1ccc(O)cc1)C(=O)NC(Cc1c[nH]c2ccccc12)C(=O)NC(CCCCN)C(=O)O. The maximum absolute atomic E-state index is 13.8. The molecule has 2 aromatic carbocycles. The van der Waals surface area contributed by atoms with Gasteiger partial charge >= 0.3 is 5.97 Å². The van der Waals surface area contributed by atoms with Crippen LogP contribution >= 0.6 is 0 Å². The highest BCUT2D eigenvalue weighted by Crippen LogP contribution is 2.20. The van der Waals surface area contributed by atoms with Crippen molar-refractivity contribution in [2.24, 2.45) is 17.2 Å². The van der Waals surface area contributed by atoms with Gasteiger partial charge in [0.15, 0.2) is 0 Å². The third-order valence-corrected chi connectivity index (χ3v) is 7.61. The molecule has 3 aromatic rings. The number of hydrogen-bond acceptors (Lipinski definition) is 8. The van der Waals surface area contributed by atoms with Gasteiger partial charge in [0.1, 0.15) is 23.9 Å². The van der Waals surface area contributed by atoms with Crippen molar-refractivity contribution < 1.29 is 29.4 Å². The van der Waals surface area contributed by atoms with Crippen molar-refractivity contribution in [3.8, 4) is 5.75 Å². The zero-order valence-electron chi connectivity index (χ0n) is 25.3. The molecule has 0 fully saturated rings. The van der Waals surface area contributed by atoms with Gasteiger partial charge in [-0.2, -0.15) is 0 Å². The van der Waals surface area contributed by atoms with Crippen molar-refractivity contribution >= 4 is 34.6 Å². The molecule has 0 saturated carbocycles. The number of aromatic amines is 1. The number of nitrogens with two attached hydrogens (primary N) is 3. The predicted octanol–water partition coefficient (Wildman–Crippen LogP) is 0.783. The summed E-state index contributed by atoms with van der Waals surface area (Å²) in [4.78, 5) is 55.6. The molecule has 0 spiro atoms. The molecule has 4 atom stereocenters. The molecule has 1 heterocycles. The largest absolute Gasteiger partial charge is 0.508 e. The number of benzene rings is 2. The highest BCUT2D eigenvalue weighted by molar-refractivity contribution is 5.95. The number of carbonyl (C=O) groups is 4. The summed E-state index contributed by atoms with van der Waals surface area (Å²) in [5.41, 5.74) is 19.4. The molecule has 3 rings (SSSR count). The summed E-state index contributed by atoms with van der Waals surface area (Å²) in [5, 5.41) is 28.4. The lowest BCUT2D eigenvalue weighted by Gasteiger charge is -2.25. The standard InChI is InChI=1S/C32H45N7O6/c33-15-5-3-8-24(35)29(41)38-27(17-20-11-13-22(40)14-12-20)30(42)39-28(18-21-19-36-25-9-2-1-7-23(21)25)31(43)37-26(32(44)45)10-4-6-16-34/h1-2,7,9,11-14,19,24,26-28,36,40H,3-6,8,10,15-18,33-35H2,(H,37,43)(H,38,41)(H,39,42)(H,44,45). The normalized spacial score (nSPS) is 13.8. The molecule has 13 nitrogen and oxygen atoms in total. The Morgan fingerprint density at radius 3 is 1.96 bits per heavy atom. The molecule has 3 amide bonds. The lowest BCUT2D eigenvalue weighted by molar-refractivity contribution is -0.142. The molecule has 0 saturated heterocycles. The van der Waals surface area contributed by atoms with E-state index in [-0.39, 0.29) is 25.0 Å². The number of para-hydroxylation sites is 1. The first-order valence-corrected chi connectivity index (χ1v) is 15.3. The summed E-state index contributed by atoms with van der Waals surface area (Å²) < 4.78 is 0. The van der Waals surface area contributed by atoms with Crippen molar-refractivity contribution in [2.75, 3.05) is 13.1 Å². The molecule has 0 bridgehead atoms. The van der Waals surface area contributed by atoms with Crippen molar-refractivity contribution in [3.63, 3.8) is 0 Å². The number of rotatable bonds is 19. The Morgan fingerprint density at radius 2 is 1.31 bits per heavy atom. The molecule has 13 heteroatoms. The average Bonchev–Trinajstić information content (AvgIpc) is 3.43. The van der Waals surface area contributed by atoms with Gasteiger partial charge in [-0.15, -0.1) is 0 Å². The van der Waals surface area contributed by atoms with E-state index in [4.69, 9.17) is 17.2 Å². The second kappa shape index (κ2) is 17.7. The summed E-state index contributed by atoms with van der Waals surface area (Å²) >= 11 is 0. The highest BCUT2D eigenvalue weighted by atomic mass is 16.4. The van der Waals surface area contributed by atoms with Gasteiger partial charge < -0.3 is 48.3 Å². The molecule has 45 heavy (non-hydrogen) atoms. The summed E-state index contributed by atoms with van der Waals surface area (Å²) in [6.45, 7) is 0.861.